The fourth-order valence-electron chi connectivity index (χ4n) is 5.52. The van der Waals surface area contributed by atoms with Crippen LogP contribution >= 0.6 is 11.8 Å². The predicted octanol–water partition coefficient (Wildman–Crippen LogP) is 7.37. The van der Waals surface area contributed by atoms with E-state index in [1.807, 2.05) is 29.1 Å². The van der Waals surface area contributed by atoms with Gasteiger partial charge in [-0.25, -0.2) is 9.07 Å². The molecule has 2 fully saturated rings. The quantitative estimate of drug-likeness (QED) is 0.180. The number of likely N-dealkylation sites (N-methyl/N-ethyl adjacent to an activating group) is 1. The van der Waals surface area contributed by atoms with Crippen molar-refractivity contribution in [2.24, 2.45) is 0 Å². The van der Waals surface area contributed by atoms with E-state index in [0.29, 0.717) is 12.2 Å². The monoisotopic (exact) mass is 613 g/mol. The first kappa shape index (κ1) is 30.5. The lowest BCUT2D eigenvalue weighted by atomic mass is 10.1. The van der Waals surface area contributed by atoms with Crippen LogP contribution < -0.4 is 5.32 Å². The minimum absolute atomic E-state index is 0.137. The number of pyridine rings is 1. The number of hydrogen-bond donors (Lipinski definition) is 1. The Morgan fingerprint density at radius 3 is 2.68 bits per heavy atom. The number of carbonyl (C=O) groups is 1. The highest BCUT2D eigenvalue weighted by Gasteiger charge is 2.26. The molecule has 0 radical (unpaired) electrons. The molecule has 2 aliphatic rings. The Balaban J connectivity index is 1.26. The Bertz CT molecular complexity index is 1620. The average molecular weight is 614 g/mol. The van der Waals surface area contributed by atoms with Gasteiger partial charge in [-0.1, -0.05) is 31.7 Å². The number of ether oxygens (including phenoxy) is 1. The molecule has 1 saturated carbocycles. The van der Waals surface area contributed by atoms with E-state index >= 15 is 0 Å². The number of aromatic nitrogens is 3. The first-order valence-electron chi connectivity index (χ1n) is 15.8. The van der Waals surface area contributed by atoms with Crippen LogP contribution in [0.1, 0.15) is 79.5 Å². The molecule has 0 spiro atoms. The molecule has 9 heteroatoms. The standard InChI is InChI=1S/C35H40FN5O2S/c1-3-40(4-2)19-18-24-8-10-26(37-23-24)13-16-31-29-15-14-28(22-32(29)41(39-31)34-7-5-6-20-43-34)44-33-17-9-25(36)21-30(33)35(42)38-27-11-12-27/h8-10,13-17,21-23,27,34H,3-7,11-12,18-20H2,1-2H3,(H,38,42)/b16-13+. The van der Waals surface area contributed by atoms with Crippen molar-refractivity contribution in [1.29, 1.82) is 0 Å². The summed E-state index contributed by atoms with van der Waals surface area (Å²) >= 11 is 1.46. The van der Waals surface area contributed by atoms with Crippen LogP contribution in [0.15, 0.2) is 64.5 Å². The molecule has 1 aliphatic carbocycles. The van der Waals surface area contributed by atoms with E-state index in [0.717, 1.165) is 90.2 Å². The highest BCUT2D eigenvalue weighted by molar-refractivity contribution is 7.99. The lowest BCUT2D eigenvalue weighted by Crippen LogP contribution is -2.26. The number of amides is 1. The molecular weight excluding hydrogens is 573 g/mol. The molecule has 0 bridgehead atoms. The van der Waals surface area contributed by atoms with Crippen LogP contribution in [0, 0.1) is 5.82 Å². The minimum atomic E-state index is -0.418. The molecule has 6 rings (SSSR count). The first-order chi connectivity index (χ1) is 21.5. The normalized spacial score (nSPS) is 17.1. The largest absolute Gasteiger partial charge is 0.356 e. The number of benzene rings is 2. The third-order valence-corrected chi connectivity index (χ3v) is 9.40. The minimum Gasteiger partial charge on any atom is -0.356 e. The topological polar surface area (TPSA) is 72.3 Å². The van der Waals surface area contributed by atoms with Gasteiger partial charge in [0.25, 0.3) is 5.91 Å². The average Bonchev–Trinajstić information content (AvgIpc) is 3.80. The van der Waals surface area contributed by atoms with Gasteiger partial charge in [0.15, 0.2) is 6.23 Å². The summed E-state index contributed by atoms with van der Waals surface area (Å²) in [7, 11) is 0. The van der Waals surface area contributed by atoms with Crippen LogP contribution in [0.3, 0.4) is 0 Å². The summed E-state index contributed by atoms with van der Waals surface area (Å²) in [5.41, 5.74) is 4.30. The second-order valence-corrected chi connectivity index (χ2v) is 12.6. The molecule has 7 nitrogen and oxygen atoms in total. The fraction of sp³-hybridized carbons (Fsp3) is 0.400. The van der Waals surface area contributed by atoms with Crippen molar-refractivity contribution >= 4 is 40.7 Å². The Hall–Kier alpha value is -3.53. The number of hydrogen-bond acceptors (Lipinski definition) is 6. The zero-order chi connectivity index (χ0) is 30.5. The molecule has 44 heavy (non-hydrogen) atoms. The molecule has 1 aliphatic heterocycles. The summed E-state index contributed by atoms with van der Waals surface area (Å²) in [6.07, 6.45) is 11.8. The molecule has 1 saturated heterocycles. The summed E-state index contributed by atoms with van der Waals surface area (Å²) in [5, 5.41) is 9.01. The molecule has 1 atom stereocenters. The Morgan fingerprint density at radius 2 is 1.95 bits per heavy atom. The number of nitrogens with zero attached hydrogens (tertiary/aromatic N) is 4. The van der Waals surface area contributed by atoms with Crippen molar-refractivity contribution in [3.8, 4) is 0 Å². The van der Waals surface area contributed by atoms with E-state index in [9.17, 15) is 9.18 Å². The van der Waals surface area contributed by atoms with Gasteiger partial charge in [-0.05, 0) is 112 Å². The molecule has 2 aromatic heterocycles. The van der Waals surface area contributed by atoms with E-state index < -0.39 is 5.82 Å². The SMILES string of the molecule is CCN(CC)CCc1ccc(/C=C/c2nn(C3CCCCO3)c3cc(Sc4ccc(F)cc4C(=O)NC4CC4)ccc23)nc1. The van der Waals surface area contributed by atoms with Crippen LogP contribution in [0.4, 0.5) is 4.39 Å². The van der Waals surface area contributed by atoms with E-state index in [2.05, 4.69) is 53.3 Å². The zero-order valence-electron chi connectivity index (χ0n) is 25.5. The van der Waals surface area contributed by atoms with E-state index in [4.69, 9.17) is 9.84 Å². The van der Waals surface area contributed by atoms with Gasteiger partial charge in [-0.3, -0.25) is 9.78 Å². The molecule has 230 valence electrons. The highest BCUT2D eigenvalue weighted by atomic mass is 32.2. The Morgan fingerprint density at radius 1 is 1.09 bits per heavy atom. The van der Waals surface area contributed by atoms with Gasteiger partial charge >= 0.3 is 0 Å². The van der Waals surface area contributed by atoms with E-state index in [-0.39, 0.29) is 18.2 Å². The number of fused-ring (bicyclic) bond motifs is 1. The first-order valence-corrected chi connectivity index (χ1v) is 16.6. The fourth-order valence-corrected chi connectivity index (χ4v) is 6.48. The van der Waals surface area contributed by atoms with Gasteiger partial charge in [-0.2, -0.15) is 5.10 Å². The van der Waals surface area contributed by atoms with Crippen molar-refractivity contribution in [1.82, 2.24) is 25.0 Å². The Kier molecular flexibility index (Phi) is 9.74. The van der Waals surface area contributed by atoms with E-state index in [1.165, 1.54) is 29.5 Å². The van der Waals surface area contributed by atoms with Gasteiger partial charge in [0.05, 0.1) is 22.5 Å². The predicted molar refractivity (Wildman–Crippen MR) is 174 cm³/mol. The number of halogens is 1. The van der Waals surface area contributed by atoms with Crippen molar-refractivity contribution < 1.29 is 13.9 Å². The van der Waals surface area contributed by atoms with Gasteiger partial charge in [-0.15, -0.1) is 0 Å². The second kappa shape index (κ2) is 14.1. The van der Waals surface area contributed by atoms with Crippen molar-refractivity contribution in [3.63, 3.8) is 0 Å². The summed E-state index contributed by atoms with van der Waals surface area (Å²) in [4.78, 5) is 21.7. The maximum absolute atomic E-state index is 14.1. The lowest BCUT2D eigenvalue weighted by molar-refractivity contribution is -0.0367. The van der Waals surface area contributed by atoms with Crippen LogP contribution in [0.25, 0.3) is 23.1 Å². The van der Waals surface area contributed by atoms with Crippen molar-refractivity contribution in [2.75, 3.05) is 26.2 Å². The molecule has 3 heterocycles. The molecule has 4 aromatic rings. The van der Waals surface area contributed by atoms with Gasteiger partial charge in [0.1, 0.15) is 5.82 Å². The van der Waals surface area contributed by atoms with Gasteiger partial charge in [0.2, 0.25) is 0 Å². The summed E-state index contributed by atoms with van der Waals surface area (Å²) in [6.45, 7) is 8.25. The Labute approximate surface area is 262 Å². The van der Waals surface area contributed by atoms with Crippen LogP contribution in [0.2, 0.25) is 0 Å². The van der Waals surface area contributed by atoms with Crippen LogP contribution in [0.5, 0.6) is 0 Å². The lowest BCUT2D eigenvalue weighted by Gasteiger charge is -2.23. The molecule has 1 amide bonds. The van der Waals surface area contributed by atoms with Crippen LogP contribution in [-0.2, 0) is 11.2 Å². The molecule has 2 aromatic carbocycles. The molecule has 1 N–H and O–H groups in total. The molecular formula is C35H40FN5O2S. The van der Waals surface area contributed by atoms with Gasteiger partial charge in [0, 0.05) is 40.6 Å². The highest BCUT2D eigenvalue weighted by Crippen LogP contribution is 2.36. The maximum atomic E-state index is 14.1. The number of carbonyl (C=O) groups excluding carboxylic acids is 1. The van der Waals surface area contributed by atoms with E-state index in [1.54, 1.807) is 6.07 Å². The smallest absolute Gasteiger partial charge is 0.252 e. The van der Waals surface area contributed by atoms with Gasteiger partial charge < -0.3 is 15.0 Å². The zero-order valence-corrected chi connectivity index (χ0v) is 26.3. The number of rotatable bonds is 12. The summed E-state index contributed by atoms with van der Waals surface area (Å²) in [6, 6.07) is 15.0. The molecule has 1 unspecified atom stereocenters. The number of nitrogens with one attached hydrogen (secondary N) is 1. The third kappa shape index (κ3) is 7.39. The second-order valence-electron chi connectivity index (χ2n) is 11.5. The summed E-state index contributed by atoms with van der Waals surface area (Å²) in [5.74, 6) is -0.646. The van der Waals surface area contributed by atoms with Crippen molar-refractivity contribution in [2.45, 2.75) is 74.4 Å². The van der Waals surface area contributed by atoms with Crippen LogP contribution in [-0.4, -0.2) is 57.9 Å². The maximum Gasteiger partial charge on any atom is 0.252 e. The van der Waals surface area contributed by atoms with Crippen molar-refractivity contribution in [3.05, 3.63) is 83.1 Å². The third-order valence-electron chi connectivity index (χ3n) is 8.33. The summed E-state index contributed by atoms with van der Waals surface area (Å²) < 4.78 is 22.3.